The molecule has 1 nitrogen and oxygen atoms in total. The largest absolute Gasteiger partial charge is 0.205 e. The maximum Gasteiger partial charge on any atom is 0.169 e. The average molecular weight is 206 g/mol. The first-order valence-electron chi connectivity index (χ1n) is 6.28. The zero-order valence-corrected chi connectivity index (χ0v) is 10.2. The van der Waals surface area contributed by atoms with E-state index in [0.29, 0.717) is 0 Å². The van der Waals surface area contributed by atoms with Crippen LogP contribution in [0.25, 0.3) is 0 Å². The highest BCUT2D eigenvalue weighted by Gasteiger charge is 1.98. The number of nitrogens with zero attached hydrogens (tertiary/aromatic N) is 1. The van der Waals surface area contributed by atoms with Crippen LogP contribution in [-0.4, -0.2) is 0 Å². The zero-order valence-electron chi connectivity index (χ0n) is 10.2. The third kappa shape index (κ3) is 5.56. The lowest BCUT2D eigenvalue weighted by Gasteiger charge is -1.99. The predicted octanol–water partition coefficient (Wildman–Crippen LogP) is 3.64. The van der Waals surface area contributed by atoms with Gasteiger partial charge in [-0.1, -0.05) is 32.6 Å². The lowest BCUT2D eigenvalue weighted by molar-refractivity contribution is -0.697. The van der Waals surface area contributed by atoms with Crippen molar-refractivity contribution in [2.45, 2.75) is 58.9 Å². The number of rotatable bonds is 7. The molecule has 0 spiro atoms. The monoisotopic (exact) mass is 206 g/mol. The molecule has 0 amide bonds. The van der Waals surface area contributed by atoms with Gasteiger partial charge in [-0.2, -0.15) is 0 Å². The van der Waals surface area contributed by atoms with Crippen LogP contribution in [0.2, 0.25) is 0 Å². The fourth-order valence-corrected chi connectivity index (χ4v) is 1.76. The number of aryl methyl sites for hydroxylation is 2. The van der Waals surface area contributed by atoms with Crippen molar-refractivity contribution in [3.05, 3.63) is 30.1 Å². The van der Waals surface area contributed by atoms with Crippen LogP contribution < -0.4 is 4.57 Å². The highest BCUT2D eigenvalue weighted by atomic mass is 14.9. The predicted molar refractivity (Wildman–Crippen MR) is 64.8 cm³/mol. The molecule has 0 bridgehead atoms. The maximum atomic E-state index is 2.28. The van der Waals surface area contributed by atoms with Crippen LogP contribution in [0.15, 0.2) is 24.5 Å². The molecule has 1 aromatic rings. The zero-order chi connectivity index (χ0) is 10.9. The summed E-state index contributed by atoms with van der Waals surface area (Å²) >= 11 is 0. The van der Waals surface area contributed by atoms with Crippen LogP contribution in [0.1, 0.15) is 51.0 Å². The average Bonchev–Trinajstić information content (AvgIpc) is 2.26. The van der Waals surface area contributed by atoms with Crippen molar-refractivity contribution < 1.29 is 4.57 Å². The van der Waals surface area contributed by atoms with E-state index < -0.39 is 0 Å². The number of hydrogen-bond acceptors (Lipinski definition) is 0. The molecule has 0 aliphatic rings. The summed E-state index contributed by atoms with van der Waals surface area (Å²) in [6.07, 6.45) is 12.6. The molecule has 1 heterocycles. The van der Waals surface area contributed by atoms with E-state index in [2.05, 4.69) is 42.9 Å². The second-order valence-electron chi connectivity index (χ2n) is 4.38. The van der Waals surface area contributed by atoms with Crippen LogP contribution >= 0.6 is 0 Å². The van der Waals surface area contributed by atoms with E-state index in [0.717, 1.165) is 0 Å². The van der Waals surface area contributed by atoms with Gasteiger partial charge in [-0.3, -0.25) is 0 Å². The van der Waals surface area contributed by atoms with Crippen LogP contribution in [0.3, 0.4) is 0 Å². The Kier molecular flexibility index (Phi) is 6.06. The molecule has 0 fully saturated rings. The molecule has 0 radical (unpaired) electrons. The Morgan fingerprint density at radius 3 is 2.20 bits per heavy atom. The van der Waals surface area contributed by atoms with Crippen LogP contribution in [0.4, 0.5) is 0 Å². The smallest absolute Gasteiger partial charge is 0.169 e. The molecule has 0 aliphatic heterocycles. The highest BCUT2D eigenvalue weighted by molar-refractivity contribution is 5.03. The molecule has 84 valence electrons. The van der Waals surface area contributed by atoms with Gasteiger partial charge in [-0.25, -0.2) is 4.57 Å². The third-order valence-corrected chi connectivity index (χ3v) is 2.83. The molecule has 1 rings (SSSR count). The molecule has 0 aliphatic carbocycles. The summed E-state index contributed by atoms with van der Waals surface area (Å²) in [7, 11) is 0. The van der Waals surface area contributed by atoms with Gasteiger partial charge in [0.1, 0.15) is 6.54 Å². The summed E-state index contributed by atoms with van der Waals surface area (Å²) in [5.41, 5.74) is 1.34. The number of hydrogen-bond donors (Lipinski definition) is 0. The Labute approximate surface area is 94.1 Å². The maximum absolute atomic E-state index is 2.28. The molecule has 15 heavy (non-hydrogen) atoms. The van der Waals surface area contributed by atoms with Crippen molar-refractivity contribution in [1.82, 2.24) is 0 Å². The van der Waals surface area contributed by atoms with E-state index in [4.69, 9.17) is 0 Å². The number of unbranched alkanes of at least 4 members (excludes halogenated alkanes) is 5. The summed E-state index contributed by atoms with van der Waals surface area (Å²) in [5.74, 6) is 0. The SMILES string of the molecule is CCCCCCCC[n+]1ccc(C)cc1. The molecule has 0 N–H and O–H groups in total. The summed E-state index contributed by atoms with van der Waals surface area (Å²) < 4.78 is 2.28. The minimum absolute atomic E-state index is 1.17. The van der Waals surface area contributed by atoms with Gasteiger partial charge in [0, 0.05) is 18.6 Å². The molecule has 0 atom stereocenters. The quantitative estimate of drug-likeness (QED) is 0.473. The molecule has 0 unspecified atom stereocenters. The highest BCUT2D eigenvalue weighted by Crippen LogP contribution is 2.04. The van der Waals surface area contributed by atoms with Crippen molar-refractivity contribution in [3.8, 4) is 0 Å². The van der Waals surface area contributed by atoms with Crippen molar-refractivity contribution in [2.24, 2.45) is 0 Å². The van der Waals surface area contributed by atoms with E-state index in [1.54, 1.807) is 0 Å². The standard InChI is InChI=1S/C14H24N/c1-3-4-5-6-7-8-11-15-12-9-14(2)10-13-15/h9-10,12-13H,3-8,11H2,1-2H3/q+1. The lowest BCUT2D eigenvalue weighted by Crippen LogP contribution is -2.32. The fraction of sp³-hybridized carbons (Fsp3) is 0.643. The first-order chi connectivity index (χ1) is 7.33. The van der Waals surface area contributed by atoms with Crippen molar-refractivity contribution >= 4 is 0 Å². The van der Waals surface area contributed by atoms with E-state index in [1.165, 1.54) is 50.6 Å². The van der Waals surface area contributed by atoms with Crippen LogP contribution in [0, 0.1) is 6.92 Å². The van der Waals surface area contributed by atoms with Crippen LogP contribution in [-0.2, 0) is 6.54 Å². The minimum Gasteiger partial charge on any atom is -0.205 e. The van der Waals surface area contributed by atoms with Gasteiger partial charge in [0.05, 0.1) is 0 Å². The third-order valence-electron chi connectivity index (χ3n) is 2.83. The van der Waals surface area contributed by atoms with E-state index in [9.17, 15) is 0 Å². The second kappa shape index (κ2) is 7.44. The molecule has 1 heteroatoms. The van der Waals surface area contributed by atoms with Gasteiger partial charge < -0.3 is 0 Å². The van der Waals surface area contributed by atoms with Gasteiger partial charge in [0.25, 0.3) is 0 Å². The van der Waals surface area contributed by atoms with Gasteiger partial charge in [-0.05, 0) is 18.9 Å². The van der Waals surface area contributed by atoms with Crippen molar-refractivity contribution in [2.75, 3.05) is 0 Å². The van der Waals surface area contributed by atoms with Crippen molar-refractivity contribution in [3.63, 3.8) is 0 Å². The Morgan fingerprint density at radius 1 is 0.933 bits per heavy atom. The molecule has 0 saturated carbocycles. The van der Waals surface area contributed by atoms with E-state index in [-0.39, 0.29) is 0 Å². The van der Waals surface area contributed by atoms with Crippen molar-refractivity contribution in [1.29, 1.82) is 0 Å². The first kappa shape index (κ1) is 12.2. The van der Waals surface area contributed by atoms with Gasteiger partial charge in [0.15, 0.2) is 12.4 Å². The normalized spacial score (nSPS) is 10.5. The molecule has 1 aromatic heterocycles. The van der Waals surface area contributed by atoms with E-state index >= 15 is 0 Å². The molecular weight excluding hydrogens is 182 g/mol. The Bertz CT molecular complexity index is 251. The molecule has 0 saturated heterocycles. The minimum atomic E-state index is 1.17. The first-order valence-corrected chi connectivity index (χ1v) is 6.28. The molecular formula is C14H24N+. The summed E-state index contributed by atoms with van der Waals surface area (Å²) in [5, 5.41) is 0. The number of aromatic nitrogens is 1. The summed E-state index contributed by atoms with van der Waals surface area (Å²) in [6, 6.07) is 4.36. The van der Waals surface area contributed by atoms with Gasteiger partial charge in [0.2, 0.25) is 0 Å². The summed E-state index contributed by atoms with van der Waals surface area (Å²) in [4.78, 5) is 0. The van der Waals surface area contributed by atoms with Gasteiger partial charge in [-0.15, -0.1) is 0 Å². The Morgan fingerprint density at radius 2 is 1.53 bits per heavy atom. The van der Waals surface area contributed by atoms with Gasteiger partial charge >= 0.3 is 0 Å². The number of pyridine rings is 1. The Balaban J connectivity index is 2.07. The van der Waals surface area contributed by atoms with E-state index in [1.807, 2.05) is 0 Å². The Hall–Kier alpha value is -0.850. The molecule has 0 aromatic carbocycles. The lowest BCUT2D eigenvalue weighted by atomic mass is 10.1. The fourth-order valence-electron chi connectivity index (χ4n) is 1.76. The second-order valence-corrected chi connectivity index (χ2v) is 4.38. The summed E-state index contributed by atoms with van der Waals surface area (Å²) in [6.45, 7) is 5.57. The van der Waals surface area contributed by atoms with Crippen LogP contribution in [0.5, 0.6) is 0 Å². The topological polar surface area (TPSA) is 3.88 Å².